The first-order valence-electron chi connectivity index (χ1n) is 6.72. The van der Waals surface area contributed by atoms with Gasteiger partial charge in [0, 0.05) is 5.02 Å². The normalized spacial score (nSPS) is 11.5. The van der Waals surface area contributed by atoms with Crippen LogP contribution in [0.1, 0.15) is 11.1 Å². The number of rotatable bonds is 5. The predicted molar refractivity (Wildman–Crippen MR) is 84.1 cm³/mol. The molecular weight excluding hydrogens is 345 g/mol. The van der Waals surface area contributed by atoms with E-state index in [1.165, 1.54) is 12.1 Å². The Morgan fingerprint density at radius 2 is 1.92 bits per heavy atom. The van der Waals surface area contributed by atoms with Gasteiger partial charge in [-0.2, -0.15) is 18.3 Å². The van der Waals surface area contributed by atoms with Crippen LogP contribution in [-0.2, 0) is 11.0 Å². The minimum absolute atomic E-state index is 0.212. The van der Waals surface area contributed by atoms with Crippen LogP contribution in [0, 0.1) is 0 Å². The second kappa shape index (κ2) is 7.83. The van der Waals surface area contributed by atoms with Gasteiger partial charge in [-0.05, 0) is 42.0 Å². The Kier molecular flexibility index (Phi) is 5.81. The van der Waals surface area contributed by atoms with Crippen LogP contribution in [0.2, 0.25) is 5.02 Å². The molecule has 2 rings (SSSR count). The highest BCUT2D eigenvalue weighted by atomic mass is 35.5. The Morgan fingerprint density at radius 1 is 1.21 bits per heavy atom. The van der Waals surface area contributed by atoms with E-state index in [4.69, 9.17) is 16.3 Å². The van der Waals surface area contributed by atoms with E-state index in [9.17, 15) is 18.0 Å². The second-order valence-corrected chi connectivity index (χ2v) is 5.10. The van der Waals surface area contributed by atoms with Crippen molar-refractivity contribution in [1.82, 2.24) is 5.43 Å². The van der Waals surface area contributed by atoms with E-state index in [1.807, 2.05) is 0 Å². The van der Waals surface area contributed by atoms with Crippen molar-refractivity contribution in [3.05, 3.63) is 64.7 Å². The van der Waals surface area contributed by atoms with Crippen LogP contribution in [-0.4, -0.2) is 18.7 Å². The molecule has 2 aromatic carbocycles. The molecule has 0 aromatic heterocycles. The molecular formula is C16H12ClF3N2O2. The topological polar surface area (TPSA) is 50.7 Å². The van der Waals surface area contributed by atoms with E-state index >= 15 is 0 Å². The third-order valence-electron chi connectivity index (χ3n) is 2.80. The van der Waals surface area contributed by atoms with Gasteiger partial charge >= 0.3 is 6.18 Å². The molecule has 0 aliphatic rings. The molecule has 24 heavy (non-hydrogen) atoms. The van der Waals surface area contributed by atoms with Crippen LogP contribution in [0.4, 0.5) is 13.2 Å². The minimum Gasteiger partial charge on any atom is -0.484 e. The molecule has 0 atom stereocenters. The molecule has 1 amide bonds. The number of nitrogens with one attached hydrogen (secondary N) is 1. The van der Waals surface area contributed by atoms with E-state index < -0.39 is 17.6 Å². The summed E-state index contributed by atoms with van der Waals surface area (Å²) in [5.41, 5.74) is 1.59. The van der Waals surface area contributed by atoms with Gasteiger partial charge in [0.25, 0.3) is 5.91 Å². The van der Waals surface area contributed by atoms with E-state index in [-0.39, 0.29) is 12.2 Å². The fourth-order valence-corrected chi connectivity index (χ4v) is 1.81. The zero-order valence-electron chi connectivity index (χ0n) is 12.2. The molecule has 0 bridgehead atoms. The fraction of sp³-hybridized carbons (Fsp3) is 0.125. The smallest absolute Gasteiger partial charge is 0.416 e. The Labute approximate surface area is 140 Å². The lowest BCUT2D eigenvalue weighted by Gasteiger charge is -2.06. The number of amides is 1. The number of benzene rings is 2. The summed E-state index contributed by atoms with van der Waals surface area (Å²) >= 11 is 5.72. The molecule has 0 saturated carbocycles. The summed E-state index contributed by atoms with van der Waals surface area (Å²) in [6, 6.07) is 11.0. The fourth-order valence-electron chi connectivity index (χ4n) is 1.69. The first-order valence-corrected chi connectivity index (χ1v) is 7.10. The average Bonchev–Trinajstić information content (AvgIpc) is 2.54. The van der Waals surface area contributed by atoms with Crippen molar-refractivity contribution in [2.24, 2.45) is 5.10 Å². The van der Waals surface area contributed by atoms with Crippen LogP contribution in [0.3, 0.4) is 0 Å². The maximum absolute atomic E-state index is 12.6. The summed E-state index contributed by atoms with van der Waals surface area (Å²) in [7, 11) is 0. The monoisotopic (exact) mass is 356 g/mol. The van der Waals surface area contributed by atoms with Gasteiger partial charge in [-0.15, -0.1) is 0 Å². The summed E-state index contributed by atoms with van der Waals surface area (Å²) in [4.78, 5) is 11.5. The van der Waals surface area contributed by atoms with Crippen molar-refractivity contribution in [3.8, 4) is 5.75 Å². The Morgan fingerprint density at radius 3 is 2.58 bits per heavy atom. The predicted octanol–water partition coefficient (Wildman–Crippen LogP) is 3.89. The number of halogens is 4. The summed E-state index contributed by atoms with van der Waals surface area (Å²) in [6.45, 7) is -0.290. The van der Waals surface area contributed by atoms with Crippen molar-refractivity contribution in [2.75, 3.05) is 6.61 Å². The number of ether oxygens (including phenoxy) is 1. The highest BCUT2D eigenvalue weighted by Crippen LogP contribution is 2.29. The lowest BCUT2D eigenvalue weighted by Crippen LogP contribution is -2.24. The highest BCUT2D eigenvalue weighted by molar-refractivity contribution is 6.30. The zero-order valence-corrected chi connectivity index (χ0v) is 12.9. The number of hydrogen-bond acceptors (Lipinski definition) is 3. The number of carbonyl (C=O) groups excluding carboxylic acids is 1. The average molecular weight is 357 g/mol. The molecule has 0 saturated heterocycles. The van der Waals surface area contributed by atoms with Gasteiger partial charge in [0.2, 0.25) is 0 Å². The number of hydrazone groups is 1. The molecule has 0 heterocycles. The van der Waals surface area contributed by atoms with E-state index in [0.717, 1.165) is 18.3 Å². The largest absolute Gasteiger partial charge is 0.484 e. The van der Waals surface area contributed by atoms with Crippen molar-refractivity contribution in [2.45, 2.75) is 6.18 Å². The molecule has 0 spiro atoms. The molecule has 8 heteroatoms. The van der Waals surface area contributed by atoms with Crippen LogP contribution < -0.4 is 10.2 Å². The van der Waals surface area contributed by atoms with Gasteiger partial charge in [0.1, 0.15) is 5.75 Å². The van der Waals surface area contributed by atoms with Crippen molar-refractivity contribution < 1.29 is 22.7 Å². The number of hydrogen-bond donors (Lipinski definition) is 1. The van der Waals surface area contributed by atoms with Gasteiger partial charge in [0.15, 0.2) is 6.61 Å². The standard InChI is InChI=1S/C16H12ClF3N2O2/c17-13-4-6-14(7-5-13)24-10-15(23)22-21-9-11-2-1-3-12(8-11)16(18,19)20/h1-9H,10H2,(H,22,23). The van der Waals surface area contributed by atoms with E-state index in [0.29, 0.717) is 10.8 Å². The Bertz CT molecular complexity index is 731. The van der Waals surface area contributed by atoms with E-state index in [2.05, 4.69) is 10.5 Å². The molecule has 0 radical (unpaired) electrons. The van der Waals surface area contributed by atoms with Crippen molar-refractivity contribution >= 4 is 23.7 Å². The minimum atomic E-state index is -4.43. The maximum Gasteiger partial charge on any atom is 0.416 e. The lowest BCUT2D eigenvalue weighted by atomic mass is 10.1. The van der Waals surface area contributed by atoms with Crippen molar-refractivity contribution in [1.29, 1.82) is 0 Å². The lowest BCUT2D eigenvalue weighted by molar-refractivity contribution is -0.137. The van der Waals surface area contributed by atoms with Crippen molar-refractivity contribution in [3.63, 3.8) is 0 Å². The second-order valence-electron chi connectivity index (χ2n) is 4.66. The molecule has 126 valence electrons. The first kappa shape index (κ1) is 17.8. The Balaban J connectivity index is 1.85. The summed E-state index contributed by atoms with van der Waals surface area (Å²) < 4.78 is 42.9. The molecule has 4 nitrogen and oxygen atoms in total. The molecule has 0 aliphatic carbocycles. The summed E-state index contributed by atoms with van der Waals surface area (Å²) in [5, 5.41) is 4.14. The van der Waals surface area contributed by atoms with Gasteiger partial charge in [-0.1, -0.05) is 23.7 Å². The highest BCUT2D eigenvalue weighted by Gasteiger charge is 2.30. The van der Waals surface area contributed by atoms with Gasteiger partial charge < -0.3 is 4.74 Å². The van der Waals surface area contributed by atoms with Crippen LogP contribution in [0.25, 0.3) is 0 Å². The summed E-state index contributed by atoms with van der Waals surface area (Å²) in [6.07, 6.45) is -3.31. The molecule has 1 N–H and O–H groups in total. The van der Waals surface area contributed by atoms with Gasteiger partial charge in [-0.3, -0.25) is 4.79 Å². The third kappa shape index (κ3) is 5.58. The molecule has 0 unspecified atom stereocenters. The number of carbonyl (C=O) groups is 1. The summed E-state index contributed by atoms with van der Waals surface area (Å²) in [5.74, 6) is -0.0930. The SMILES string of the molecule is O=C(COc1ccc(Cl)cc1)NN=Cc1cccc(C(F)(F)F)c1. The number of alkyl halides is 3. The van der Waals surface area contributed by atoms with Crippen LogP contribution in [0.5, 0.6) is 5.75 Å². The van der Waals surface area contributed by atoms with E-state index in [1.54, 1.807) is 24.3 Å². The van der Waals surface area contributed by atoms with Gasteiger partial charge in [-0.25, -0.2) is 5.43 Å². The van der Waals surface area contributed by atoms with Gasteiger partial charge in [0.05, 0.1) is 11.8 Å². The maximum atomic E-state index is 12.6. The van der Waals surface area contributed by atoms with Crippen LogP contribution in [0.15, 0.2) is 53.6 Å². The quantitative estimate of drug-likeness (QED) is 0.652. The number of nitrogens with zero attached hydrogens (tertiary/aromatic N) is 1. The molecule has 2 aromatic rings. The van der Waals surface area contributed by atoms with Crippen LogP contribution >= 0.6 is 11.6 Å². The molecule has 0 aliphatic heterocycles. The zero-order chi connectivity index (χ0) is 17.6. The third-order valence-corrected chi connectivity index (χ3v) is 3.05. The Hall–Kier alpha value is -2.54. The molecule has 0 fully saturated rings. The first-order chi connectivity index (χ1) is 11.3.